The summed E-state index contributed by atoms with van der Waals surface area (Å²) in [6.07, 6.45) is 0. The number of nitrogens with zero attached hydrogens (tertiary/aromatic N) is 1. The smallest absolute Gasteiger partial charge is 0.316 e. The molecule has 7 nitrogen and oxygen atoms in total. The molecule has 19 heavy (non-hydrogen) atoms. The molecule has 2 atom stereocenters. The first-order valence-corrected chi connectivity index (χ1v) is 6.15. The predicted octanol–water partition coefficient (Wildman–Crippen LogP) is -0.269. The fraction of sp³-hybridized carbons (Fsp3) is 0.750. The van der Waals surface area contributed by atoms with Gasteiger partial charge in [-0.25, -0.2) is 4.79 Å². The first kappa shape index (κ1) is 15.3. The first-order valence-electron chi connectivity index (χ1n) is 6.15. The van der Waals surface area contributed by atoms with Crippen LogP contribution in [0.4, 0.5) is 4.79 Å². The zero-order chi connectivity index (χ0) is 14.8. The quantitative estimate of drug-likeness (QED) is 0.599. The third-order valence-corrected chi connectivity index (χ3v) is 3.48. The van der Waals surface area contributed by atoms with E-state index in [2.05, 4.69) is 10.6 Å². The largest absolute Gasteiger partial charge is 0.481 e. The molecule has 1 aliphatic carbocycles. The fourth-order valence-corrected chi connectivity index (χ4v) is 2.21. The van der Waals surface area contributed by atoms with E-state index in [1.807, 2.05) is 0 Å². The summed E-state index contributed by atoms with van der Waals surface area (Å²) in [5.41, 5.74) is -0.497. The average Bonchev–Trinajstić information content (AvgIpc) is 2.87. The van der Waals surface area contributed by atoms with Crippen LogP contribution in [0, 0.1) is 17.3 Å². The van der Waals surface area contributed by atoms with Gasteiger partial charge in [0.1, 0.15) is 0 Å². The van der Waals surface area contributed by atoms with Crippen LogP contribution in [0.5, 0.6) is 0 Å². The highest BCUT2D eigenvalue weighted by Crippen LogP contribution is 2.58. The van der Waals surface area contributed by atoms with Crippen LogP contribution < -0.4 is 10.6 Å². The van der Waals surface area contributed by atoms with Crippen LogP contribution in [0.3, 0.4) is 0 Å². The fourth-order valence-electron chi connectivity index (χ4n) is 2.21. The van der Waals surface area contributed by atoms with E-state index in [0.717, 1.165) is 0 Å². The van der Waals surface area contributed by atoms with E-state index >= 15 is 0 Å². The Morgan fingerprint density at radius 1 is 1.11 bits per heavy atom. The molecular weight excluding hydrogens is 250 g/mol. The number of nitrogens with one attached hydrogen (secondary N) is 2. The standard InChI is InChI=1S/C12H21N3O4/c1-12(2)7(8(12)10(17)18)9(16)13-5-6-14-11(19)15(3)4/h7-8H,5-6H2,1-4H3,(H,13,16)(H,14,19)(H,17,18). The van der Waals surface area contributed by atoms with Crippen molar-refractivity contribution in [2.45, 2.75) is 13.8 Å². The molecule has 2 unspecified atom stereocenters. The van der Waals surface area contributed by atoms with Gasteiger partial charge in [-0.05, 0) is 5.41 Å². The van der Waals surface area contributed by atoms with Gasteiger partial charge in [-0.15, -0.1) is 0 Å². The molecule has 0 aromatic rings. The number of carbonyl (C=O) groups excluding carboxylic acids is 2. The minimum absolute atomic E-state index is 0.232. The monoisotopic (exact) mass is 271 g/mol. The SMILES string of the molecule is CN(C)C(=O)NCCNC(=O)C1C(C(=O)O)C1(C)C. The van der Waals surface area contributed by atoms with Gasteiger partial charge in [0.05, 0.1) is 11.8 Å². The second-order valence-electron chi connectivity index (χ2n) is 5.53. The van der Waals surface area contributed by atoms with E-state index in [1.54, 1.807) is 27.9 Å². The van der Waals surface area contributed by atoms with E-state index in [-0.39, 0.29) is 18.5 Å². The Balaban J connectivity index is 2.30. The van der Waals surface area contributed by atoms with Crippen LogP contribution in [0.1, 0.15) is 13.8 Å². The Labute approximate surface area is 112 Å². The highest BCUT2D eigenvalue weighted by atomic mass is 16.4. The number of carboxylic acids is 1. The lowest BCUT2D eigenvalue weighted by molar-refractivity contribution is -0.140. The molecule has 0 heterocycles. The van der Waals surface area contributed by atoms with E-state index in [4.69, 9.17) is 5.11 Å². The van der Waals surface area contributed by atoms with Gasteiger partial charge in [0.25, 0.3) is 0 Å². The Hall–Kier alpha value is -1.79. The summed E-state index contributed by atoms with van der Waals surface area (Å²) in [5.74, 6) is -2.32. The molecule has 1 rings (SSSR count). The maximum atomic E-state index is 11.8. The van der Waals surface area contributed by atoms with Crippen molar-refractivity contribution in [1.82, 2.24) is 15.5 Å². The van der Waals surface area contributed by atoms with Crippen molar-refractivity contribution in [2.75, 3.05) is 27.2 Å². The summed E-state index contributed by atoms with van der Waals surface area (Å²) in [6, 6.07) is -0.232. The normalized spacial score (nSPS) is 23.4. The molecule has 1 saturated carbocycles. The molecule has 0 saturated heterocycles. The predicted molar refractivity (Wildman–Crippen MR) is 68.5 cm³/mol. The minimum atomic E-state index is -0.939. The molecule has 1 aliphatic rings. The highest BCUT2D eigenvalue weighted by Gasteiger charge is 2.65. The molecule has 3 N–H and O–H groups in total. The van der Waals surface area contributed by atoms with Crippen LogP contribution >= 0.6 is 0 Å². The molecule has 0 spiro atoms. The topological polar surface area (TPSA) is 98.7 Å². The number of hydrogen-bond acceptors (Lipinski definition) is 3. The van der Waals surface area contributed by atoms with Crippen LogP contribution in [0.25, 0.3) is 0 Å². The molecular formula is C12H21N3O4. The van der Waals surface area contributed by atoms with Crippen molar-refractivity contribution in [1.29, 1.82) is 0 Å². The summed E-state index contributed by atoms with van der Waals surface area (Å²) in [7, 11) is 3.25. The lowest BCUT2D eigenvalue weighted by atomic mass is 10.1. The third kappa shape index (κ3) is 3.36. The number of rotatable bonds is 5. The van der Waals surface area contributed by atoms with Gasteiger partial charge in [0.2, 0.25) is 5.91 Å². The van der Waals surface area contributed by atoms with E-state index in [9.17, 15) is 14.4 Å². The molecule has 0 aromatic heterocycles. The van der Waals surface area contributed by atoms with Gasteiger partial charge in [0, 0.05) is 27.2 Å². The van der Waals surface area contributed by atoms with E-state index in [0.29, 0.717) is 6.54 Å². The van der Waals surface area contributed by atoms with Crippen LogP contribution in [-0.4, -0.2) is 55.1 Å². The van der Waals surface area contributed by atoms with Crippen molar-refractivity contribution in [3.05, 3.63) is 0 Å². The van der Waals surface area contributed by atoms with Gasteiger partial charge in [-0.1, -0.05) is 13.8 Å². The summed E-state index contributed by atoms with van der Waals surface area (Å²) in [6.45, 7) is 4.14. The third-order valence-electron chi connectivity index (χ3n) is 3.48. The highest BCUT2D eigenvalue weighted by molar-refractivity contribution is 5.91. The van der Waals surface area contributed by atoms with E-state index in [1.165, 1.54) is 4.90 Å². The van der Waals surface area contributed by atoms with Gasteiger partial charge >= 0.3 is 12.0 Å². The van der Waals surface area contributed by atoms with Crippen molar-refractivity contribution in [2.24, 2.45) is 17.3 Å². The number of hydrogen-bond donors (Lipinski definition) is 3. The molecule has 0 aromatic carbocycles. The van der Waals surface area contributed by atoms with Crippen LogP contribution in [0.15, 0.2) is 0 Å². The maximum Gasteiger partial charge on any atom is 0.316 e. The number of carboxylic acid groups (broad SMARTS) is 1. The Kier molecular flexibility index (Phi) is 4.39. The summed E-state index contributed by atoms with van der Waals surface area (Å²) >= 11 is 0. The Bertz CT molecular complexity index is 392. The Morgan fingerprint density at radius 2 is 1.63 bits per heavy atom. The molecule has 0 radical (unpaired) electrons. The molecule has 7 heteroatoms. The van der Waals surface area contributed by atoms with Crippen molar-refractivity contribution in [3.63, 3.8) is 0 Å². The summed E-state index contributed by atoms with van der Waals surface area (Å²) in [4.78, 5) is 35.4. The maximum absolute atomic E-state index is 11.8. The van der Waals surface area contributed by atoms with Gasteiger partial charge < -0.3 is 20.6 Å². The number of amides is 3. The molecule has 3 amide bonds. The second kappa shape index (κ2) is 5.46. The lowest BCUT2D eigenvalue weighted by Crippen LogP contribution is -2.40. The lowest BCUT2D eigenvalue weighted by Gasteiger charge is -2.12. The van der Waals surface area contributed by atoms with Crippen molar-refractivity contribution >= 4 is 17.9 Å². The summed E-state index contributed by atoms with van der Waals surface area (Å²) < 4.78 is 0. The number of carbonyl (C=O) groups is 3. The molecule has 0 bridgehead atoms. The number of urea groups is 1. The number of aliphatic carboxylic acids is 1. The minimum Gasteiger partial charge on any atom is -0.481 e. The van der Waals surface area contributed by atoms with Crippen LogP contribution in [-0.2, 0) is 9.59 Å². The first-order chi connectivity index (χ1) is 8.69. The Morgan fingerprint density at radius 3 is 2.05 bits per heavy atom. The molecule has 0 aliphatic heterocycles. The molecule has 1 fully saturated rings. The van der Waals surface area contributed by atoms with Gasteiger partial charge in [0.15, 0.2) is 0 Å². The van der Waals surface area contributed by atoms with Crippen LogP contribution in [0.2, 0.25) is 0 Å². The molecule has 108 valence electrons. The zero-order valence-electron chi connectivity index (χ0n) is 11.7. The average molecular weight is 271 g/mol. The van der Waals surface area contributed by atoms with Gasteiger partial charge in [-0.2, -0.15) is 0 Å². The van der Waals surface area contributed by atoms with E-state index < -0.39 is 23.2 Å². The second-order valence-corrected chi connectivity index (χ2v) is 5.53. The summed E-state index contributed by atoms with van der Waals surface area (Å²) in [5, 5.41) is 14.2. The van der Waals surface area contributed by atoms with Gasteiger partial charge in [-0.3, -0.25) is 9.59 Å². The zero-order valence-corrected chi connectivity index (χ0v) is 11.7. The van der Waals surface area contributed by atoms with Crippen molar-refractivity contribution < 1.29 is 19.5 Å². The van der Waals surface area contributed by atoms with Crippen molar-refractivity contribution in [3.8, 4) is 0 Å².